The highest BCUT2D eigenvalue weighted by molar-refractivity contribution is 5.04. The lowest BCUT2D eigenvalue weighted by atomic mass is 10.2. The third-order valence-corrected chi connectivity index (χ3v) is 1.53. The van der Waals surface area contributed by atoms with Crippen molar-refractivity contribution in [2.45, 2.75) is 26.3 Å². The van der Waals surface area contributed by atoms with Crippen molar-refractivity contribution in [3.63, 3.8) is 0 Å². The van der Waals surface area contributed by atoms with Gasteiger partial charge in [-0.05, 0) is 13.8 Å². The van der Waals surface area contributed by atoms with Crippen molar-refractivity contribution in [2.24, 2.45) is 0 Å². The monoisotopic (exact) mass is 150 g/mol. The van der Waals surface area contributed by atoms with Crippen LogP contribution < -0.4 is 0 Å². The van der Waals surface area contributed by atoms with Gasteiger partial charge in [0.15, 0.2) is 0 Å². The van der Waals surface area contributed by atoms with E-state index in [0.717, 1.165) is 12.4 Å². The molecule has 58 valence electrons. The van der Waals surface area contributed by atoms with Crippen molar-refractivity contribution in [3.05, 3.63) is 12.2 Å². The molecular weight excluding hydrogens is 140 g/mol. The van der Waals surface area contributed by atoms with Crippen LogP contribution in [0.3, 0.4) is 0 Å². The molecule has 1 unspecified atom stereocenters. The Balaban J connectivity index is 2.94. The first-order valence-corrected chi connectivity index (χ1v) is 3.57. The lowest BCUT2D eigenvalue weighted by Gasteiger charge is -2.02. The van der Waals surface area contributed by atoms with E-state index in [4.69, 9.17) is 5.26 Å². The second-order valence-electron chi connectivity index (χ2n) is 2.28. The van der Waals surface area contributed by atoms with Crippen molar-refractivity contribution >= 4 is 0 Å². The van der Waals surface area contributed by atoms with Crippen LogP contribution in [0.2, 0.25) is 0 Å². The van der Waals surface area contributed by atoms with Crippen molar-refractivity contribution in [2.75, 3.05) is 0 Å². The average molecular weight is 150 g/mol. The van der Waals surface area contributed by atoms with Crippen molar-refractivity contribution in [1.82, 2.24) is 14.8 Å². The summed E-state index contributed by atoms with van der Waals surface area (Å²) in [6.45, 7) is 4.56. The number of hydrogen-bond acceptors (Lipinski definition) is 3. The fraction of sp³-hybridized carbons (Fsp3) is 0.571. The Morgan fingerprint density at radius 3 is 3.09 bits per heavy atom. The lowest BCUT2D eigenvalue weighted by Crippen LogP contribution is -2.05. The number of hydrogen-bond donors (Lipinski definition) is 0. The molecule has 1 aromatic rings. The van der Waals surface area contributed by atoms with Gasteiger partial charge >= 0.3 is 0 Å². The zero-order valence-electron chi connectivity index (χ0n) is 6.65. The van der Waals surface area contributed by atoms with Crippen LogP contribution in [0, 0.1) is 11.3 Å². The van der Waals surface area contributed by atoms with Gasteiger partial charge in [-0.1, -0.05) is 0 Å². The highest BCUT2D eigenvalue weighted by Gasteiger charge is 2.09. The Labute approximate surface area is 65.5 Å². The normalized spacial score (nSPS) is 12.5. The Kier molecular flexibility index (Phi) is 2.21. The van der Waals surface area contributed by atoms with E-state index in [1.807, 2.05) is 13.8 Å². The molecule has 4 nitrogen and oxygen atoms in total. The van der Waals surface area contributed by atoms with E-state index in [1.165, 1.54) is 6.33 Å². The maximum atomic E-state index is 8.60. The van der Waals surface area contributed by atoms with E-state index in [9.17, 15) is 0 Å². The molecule has 0 aliphatic rings. The van der Waals surface area contributed by atoms with Gasteiger partial charge in [-0.15, -0.1) is 0 Å². The second kappa shape index (κ2) is 3.15. The minimum atomic E-state index is -0.169. The quantitative estimate of drug-likeness (QED) is 0.630. The molecule has 11 heavy (non-hydrogen) atoms. The van der Waals surface area contributed by atoms with Crippen LogP contribution in [0.1, 0.15) is 25.6 Å². The third-order valence-electron chi connectivity index (χ3n) is 1.53. The van der Waals surface area contributed by atoms with E-state index in [1.54, 1.807) is 4.68 Å². The zero-order chi connectivity index (χ0) is 8.27. The molecule has 1 aromatic heterocycles. The summed E-state index contributed by atoms with van der Waals surface area (Å²) < 4.78 is 1.73. The summed E-state index contributed by atoms with van der Waals surface area (Å²) in [7, 11) is 0. The highest BCUT2D eigenvalue weighted by Crippen LogP contribution is 2.08. The van der Waals surface area contributed by atoms with Gasteiger partial charge in [-0.2, -0.15) is 10.4 Å². The summed E-state index contributed by atoms with van der Waals surface area (Å²) in [5, 5.41) is 12.6. The molecule has 0 bridgehead atoms. The first-order valence-electron chi connectivity index (χ1n) is 3.57. The average Bonchev–Trinajstić information content (AvgIpc) is 2.50. The van der Waals surface area contributed by atoms with Crippen LogP contribution in [0.4, 0.5) is 0 Å². The lowest BCUT2D eigenvalue weighted by molar-refractivity contribution is 0.606. The maximum Gasteiger partial charge on any atom is 0.143 e. The SMILES string of the molecule is CCn1ncnc1C(C)C#N. The Morgan fingerprint density at radius 1 is 1.82 bits per heavy atom. The largest absolute Gasteiger partial charge is 0.249 e. The molecule has 0 radical (unpaired) electrons. The summed E-state index contributed by atoms with van der Waals surface area (Å²) >= 11 is 0. The fourth-order valence-electron chi connectivity index (χ4n) is 0.910. The molecule has 0 spiro atoms. The molecule has 0 aliphatic heterocycles. The molecule has 1 heterocycles. The van der Waals surface area contributed by atoms with Gasteiger partial charge in [0.2, 0.25) is 0 Å². The van der Waals surface area contributed by atoms with Gasteiger partial charge in [0.1, 0.15) is 18.1 Å². The van der Waals surface area contributed by atoms with Crippen molar-refractivity contribution in [3.8, 4) is 6.07 Å². The van der Waals surface area contributed by atoms with Gasteiger partial charge in [-0.25, -0.2) is 9.67 Å². The summed E-state index contributed by atoms with van der Waals surface area (Å²) in [5.41, 5.74) is 0. The first-order chi connectivity index (χ1) is 5.29. The van der Waals surface area contributed by atoms with Crippen LogP contribution in [-0.2, 0) is 6.54 Å². The molecule has 0 N–H and O–H groups in total. The van der Waals surface area contributed by atoms with Gasteiger partial charge in [0, 0.05) is 6.54 Å². The van der Waals surface area contributed by atoms with Crippen LogP contribution in [0.25, 0.3) is 0 Å². The fourth-order valence-corrected chi connectivity index (χ4v) is 0.910. The van der Waals surface area contributed by atoms with Gasteiger partial charge in [0.25, 0.3) is 0 Å². The minimum Gasteiger partial charge on any atom is -0.249 e. The van der Waals surface area contributed by atoms with Gasteiger partial charge < -0.3 is 0 Å². The standard InChI is InChI=1S/C7H10N4/c1-3-11-7(6(2)4-8)9-5-10-11/h5-6H,3H2,1-2H3. The van der Waals surface area contributed by atoms with Crippen LogP contribution >= 0.6 is 0 Å². The molecule has 1 atom stereocenters. The number of nitriles is 1. The van der Waals surface area contributed by atoms with E-state index < -0.39 is 0 Å². The molecular formula is C7H10N4. The number of rotatable bonds is 2. The predicted octanol–water partition coefficient (Wildman–Crippen LogP) is 0.925. The zero-order valence-corrected chi connectivity index (χ0v) is 6.65. The van der Waals surface area contributed by atoms with Crippen LogP contribution in [0.15, 0.2) is 6.33 Å². The van der Waals surface area contributed by atoms with E-state index in [2.05, 4.69) is 16.2 Å². The molecule has 0 fully saturated rings. The Morgan fingerprint density at radius 2 is 2.55 bits per heavy atom. The number of aromatic nitrogens is 3. The molecule has 1 rings (SSSR count). The topological polar surface area (TPSA) is 54.5 Å². The van der Waals surface area contributed by atoms with E-state index >= 15 is 0 Å². The van der Waals surface area contributed by atoms with Crippen LogP contribution in [0.5, 0.6) is 0 Å². The Hall–Kier alpha value is -1.37. The molecule has 0 amide bonds. The smallest absolute Gasteiger partial charge is 0.143 e. The minimum absolute atomic E-state index is 0.169. The molecule has 0 saturated heterocycles. The van der Waals surface area contributed by atoms with Crippen molar-refractivity contribution < 1.29 is 0 Å². The van der Waals surface area contributed by atoms with Gasteiger partial charge in [0.05, 0.1) is 6.07 Å². The summed E-state index contributed by atoms with van der Waals surface area (Å²) in [4.78, 5) is 3.99. The van der Waals surface area contributed by atoms with E-state index in [-0.39, 0.29) is 5.92 Å². The molecule has 0 saturated carbocycles. The number of aryl methyl sites for hydroxylation is 1. The second-order valence-corrected chi connectivity index (χ2v) is 2.28. The summed E-state index contributed by atoms with van der Waals surface area (Å²) in [5.74, 6) is 0.576. The summed E-state index contributed by atoms with van der Waals surface area (Å²) in [6, 6.07) is 2.12. The summed E-state index contributed by atoms with van der Waals surface area (Å²) in [6.07, 6.45) is 1.48. The number of nitrogens with zero attached hydrogens (tertiary/aromatic N) is 4. The van der Waals surface area contributed by atoms with Crippen molar-refractivity contribution in [1.29, 1.82) is 5.26 Å². The molecule has 0 aromatic carbocycles. The first kappa shape index (κ1) is 7.73. The highest BCUT2D eigenvalue weighted by atomic mass is 15.3. The van der Waals surface area contributed by atoms with E-state index in [0.29, 0.717) is 0 Å². The maximum absolute atomic E-state index is 8.60. The Bertz CT molecular complexity index is 270. The van der Waals surface area contributed by atoms with Crippen LogP contribution in [-0.4, -0.2) is 14.8 Å². The van der Waals surface area contributed by atoms with Gasteiger partial charge in [-0.3, -0.25) is 0 Å². The molecule has 4 heteroatoms. The predicted molar refractivity (Wildman–Crippen MR) is 39.7 cm³/mol. The molecule has 0 aliphatic carbocycles. The third kappa shape index (κ3) is 1.37.